The number of nitrogens with zero attached hydrogens (tertiary/aromatic N) is 2. The van der Waals surface area contributed by atoms with Gasteiger partial charge in [-0.25, -0.2) is 0 Å². The molecular weight excluding hydrogens is 198 g/mol. The van der Waals surface area contributed by atoms with Crippen LogP contribution in [0.3, 0.4) is 0 Å². The predicted molar refractivity (Wildman–Crippen MR) is 70.6 cm³/mol. The van der Waals surface area contributed by atoms with Crippen LogP contribution in [0.15, 0.2) is 0 Å². The van der Waals surface area contributed by atoms with Crippen molar-refractivity contribution in [1.29, 1.82) is 0 Å². The first-order valence-corrected chi connectivity index (χ1v) is 6.80. The average molecular weight is 227 g/mol. The van der Waals surface area contributed by atoms with E-state index in [9.17, 15) is 0 Å². The first-order chi connectivity index (χ1) is 7.60. The highest BCUT2D eigenvalue weighted by Crippen LogP contribution is 2.16. The SMILES string of the molecule is CCCC(N)C(CC)N1CCN(C)C(C)C1. The van der Waals surface area contributed by atoms with Crippen molar-refractivity contribution in [3.05, 3.63) is 0 Å². The van der Waals surface area contributed by atoms with E-state index in [4.69, 9.17) is 5.73 Å². The standard InChI is InChI=1S/C13H29N3/c1-5-7-12(14)13(6-2)16-9-8-15(4)11(3)10-16/h11-13H,5-10,14H2,1-4H3. The predicted octanol–water partition coefficient (Wildman–Crippen LogP) is 1.53. The van der Waals surface area contributed by atoms with E-state index in [1.54, 1.807) is 0 Å². The third-order valence-corrected chi connectivity index (χ3v) is 3.99. The Bertz CT molecular complexity index is 196. The van der Waals surface area contributed by atoms with Gasteiger partial charge in [0.15, 0.2) is 0 Å². The lowest BCUT2D eigenvalue weighted by Gasteiger charge is -2.43. The molecule has 0 aromatic rings. The minimum absolute atomic E-state index is 0.352. The topological polar surface area (TPSA) is 32.5 Å². The van der Waals surface area contributed by atoms with Crippen molar-refractivity contribution in [3.63, 3.8) is 0 Å². The Morgan fingerprint density at radius 1 is 1.31 bits per heavy atom. The molecule has 3 nitrogen and oxygen atoms in total. The molecule has 96 valence electrons. The van der Waals surface area contributed by atoms with Gasteiger partial charge in [0.05, 0.1) is 0 Å². The summed E-state index contributed by atoms with van der Waals surface area (Å²) in [7, 11) is 2.22. The highest BCUT2D eigenvalue weighted by atomic mass is 15.3. The molecule has 0 aliphatic carbocycles. The molecule has 1 aliphatic heterocycles. The smallest absolute Gasteiger partial charge is 0.0245 e. The summed E-state index contributed by atoms with van der Waals surface area (Å²) in [6, 6.07) is 1.60. The van der Waals surface area contributed by atoms with Gasteiger partial charge < -0.3 is 10.6 Å². The van der Waals surface area contributed by atoms with Crippen molar-refractivity contribution in [1.82, 2.24) is 9.80 Å². The minimum Gasteiger partial charge on any atom is -0.326 e. The molecule has 3 unspecified atom stereocenters. The van der Waals surface area contributed by atoms with Crippen LogP contribution >= 0.6 is 0 Å². The fraction of sp³-hybridized carbons (Fsp3) is 1.00. The summed E-state index contributed by atoms with van der Waals surface area (Å²) in [6.07, 6.45) is 3.53. The zero-order valence-corrected chi connectivity index (χ0v) is 11.4. The van der Waals surface area contributed by atoms with Gasteiger partial charge in [0.2, 0.25) is 0 Å². The van der Waals surface area contributed by atoms with Crippen LogP contribution in [-0.2, 0) is 0 Å². The van der Waals surface area contributed by atoms with Crippen LogP contribution in [0.5, 0.6) is 0 Å². The van der Waals surface area contributed by atoms with Crippen molar-refractivity contribution in [2.24, 2.45) is 5.73 Å². The van der Waals surface area contributed by atoms with Crippen LogP contribution in [-0.4, -0.2) is 54.6 Å². The third-order valence-electron chi connectivity index (χ3n) is 3.99. The van der Waals surface area contributed by atoms with Gasteiger partial charge in [-0.1, -0.05) is 20.3 Å². The summed E-state index contributed by atoms with van der Waals surface area (Å²) in [5.41, 5.74) is 6.29. The Labute approximate surface area is 101 Å². The van der Waals surface area contributed by atoms with Gasteiger partial charge in [0.25, 0.3) is 0 Å². The Hall–Kier alpha value is -0.120. The van der Waals surface area contributed by atoms with Crippen molar-refractivity contribution in [2.75, 3.05) is 26.7 Å². The summed E-state index contributed by atoms with van der Waals surface area (Å²) in [6.45, 7) is 10.3. The summed E-state index contributed by atoms with van der Waals surface area (Å²) < 4.78 is 0. The van der Waals surface area contributed by atoms with Crippen molar-refractivity contribution >= 4 is 0 Å². The second-order valence-electron chi connectivity index (χ2n) is 5.25. The lowest BCUT2D eigenvalue weighted by atomic mass is 9.98. The van der Waals surface area contributed by atoms with Gasteiger partial charge in [-0.2, -0.15) is 0 Å². The second-order valence-corrected chi connectivity index (χ2v) is 5.25. The van der Waals surface area contributed by atoms with Crippen molar-refractivity contribution < 1.29 is 0 Å². The summed E-state index contributed by atoms with van der Waals surface area (Å²) in [5.74, 6) is 0. The average Bonchev–Trinajstić information content (AvgIpc) is 2.25. The van der Waals surface area contributed by atoms with E-state index in [1.165, 1.54) is 32.5 Å². The first kappa shape index (κ1) is 13.9. The third kappa shape index (κ3) is 3.44. The fourth-order valence-corrected chi connectivity index (χ4v) is 2.74. The Balaban J connectivity index is 2.53. The van der Waals surface area contributed by atoms with E-state index >= 15 is 0 Å². The maximum atomic E-state index is 6.29. The summed E-state index contributed by atoms with van der Waals surface area (Å²) in [5, 5.41) is 0. The second kappa shape index (κ2) is 6.58. The number of hydrogen-bond acceptors (Lipinski definition) is 3. The molecule has 3 heteroatoms. The number of hydrogen-bond donors (Lipinski definition) is 1. The van der Waals surface area contributed by atoms with Crippen LogP contribution < -0.4 is 5.73 Å². The molecule has 0 saturated carbocycles. The molecule has 1 aliphatic rings. The molecule has 1 saturated heterocycles. The number of likely N-dealkylation sites (N-methyl/N-ethyl adjacent to an activating group) is 1. The molecule has 0 radical (unpaired) electrons. The molecule has 1 heterocycles. The summed E-state index contributed by atoms with van der Waals surface area (Å²) in [4.78, 5) is 5.04. The van der Waals surface area contributed by atoms with Gasteiger partial charge in [0, 0.05) is 37.8 Å². The van der Waals surface area contributed by atoms with Crippen LogP contribution in [0.1, 0.15) is 40.0 Å². The van der Waals surface area contributed by atoms with Gasteiger partial charge in [0.1, 0.15) is 0 Å². The first-order valence-electron chi connectivity index (χ1n) is 6.80. The molecule has 0 aromatic heterocycles. The van der Waals surface area contributed by atoms with E-state index < -0.39 is 0 Å². The lowest BCUT2D eigenvalue weighted by Crippen LogP contribution is -2.57. The van der Waals surface area contributed by atoms with Crippen molar-refractivity contribution in [3.8, 4) is 0 Å². The maximum Gasteiger partial charge on any atom is 0.0245 e. The summed E-state index contributed by atoms with van der Waals surface area (Å²) >= 11 is 0. The lowest BCUT2D eigenvalue weighted by molar-refractivity contribution is 0.0593. The Morgan fingerprint density at radius 2 is 2.00 bits per heavy atom. The van der Waals surface area contributed by atoms with E-state index in [-0.39, 0.29) is 0 Å². The highest BCUT2D eigenvalue weighted by Gasteiger charge is 2.28. The molecule has 0 aromatic carbocycles. The molecule has 0 bridgehead atoms. The Kier molecular flexibility index (Phi) is 5.73. The highest BCUT2D eigenvalue weighted by molar-refractivity contribution is 4.86. The number of rotatable bonds is 5. The normalized spacial score (nSPS) is 27.9. The largest absolute Gasteiger partial charge is 0.326 e. The quantitative estimate of drug-likeness (QED) is 0.773. The van der Waals surface area contributed by atoms with E-state index in [0.717, 1.165) is 6.42 Å². The Morgan fingerprint density at radius 3 is 2.50 bits per heavy atom. The maximum absolute atomic E-state index is 6.29. The fourth-order valence-electron chi connectivity index (χ4n) is 2.74. The molecule has 16 heavy (non-hydrogen) atoms. The van der Waals surface area contributed by atoms with Crippen LogP contribution in [0.25, 0.3) is 0 Å². The van der Waals surface area contributed by atoms with Gasteiger partial charge in [-0.3, -0.25) is 4.90 Å². The molecule has 0 amide bonds. The van der Waals surface area contributed by atoms with E-state index in [1.807, 2.05) is 0 Å². The molecule has 2 N–H and O–H groups in total. The molecular formula is C13H29N3. The minimum atomic E-state index is 0.352. The number of nitrogens with two attached hydrogens (primary N) is 1. The van der Waals surface area contributed by atoms with Crippen LogP contribution in [0.2, 0.25) is 0 Å². The molecule has 3 atom stereocenters. The zero-order valence-electron chi connectivity index (χ0n) is 11.4. The molecule has 0 spiro atoms. The molecule has 1 rings (SSSR count). The van der Waals surface area contributed by atoms with E-state index in [0.29, 0.717) is 18.1 Å². The zero-order chi connectivity index (χ0) is 12.1. The van der Waals surface area contributed by atoms with Gasteiger partial charge in [-0.05, 0) is 26.8 Å². The van der Waals surface area contributed by atoms with Crippen LogP contribution in [0.4, 0.5) is 0 Å². The monoisotopic (exact) mass is 227 g/mol. The van der Waals surface area contributed by atoms with Gasteiger partial charge >= 0.3 is 0 Å². The van der Waals surface area contributed by atoms with E-state index in [2.05, 4.69) is 37.6 Å². The van der Waals surface area contributed by atoms with Crippen LogP contribution in [0, 0.1) is 0 Å². The number of piperazine rings is 1. The van der Waals surface area contributed by atoms with Crippen molar-refractivity contribution in [2.45, 2.75) is 58.2 Å². The van der Waals surface area contributed by atoms with Gasteiger partial charge in [-0.15, -0.1) is 0 Å². The molecule has 1 fully saturated rings.